The van der Waals surface area contributed by atoms with Crippen molar-refractivity contribution in [2.24, 2.45) is 5.92 Å². The number of hydrogen-bond donors (Lipinski definition) is 2. The van der Waals surface area contributed by atoms with Crippen LogP contribution < -0.4 is 11.3 Å². The van der Waals surface area contributed by atoms with Gasteiger partial charge in [-0.25, -0.2) is 9.97 Å². The molecule has 5 heterocycles. The normalized spacial score (nSPS) is 20.7. The second-order valence-electron chi connectivity index (χ2n) is 8.95. The number of fused-ring (bicyclic) bond motifs is 4. The van der Waals surface area contributed by atoms with E-state index in [2.05, 4.69) is 36.9 Å². The number of aromatic amines is 1. The van der Waals surface area contributed by atoms with Gasteiger partial charge in [0.15, 0.2) is 0 Å². The van der Waals surface area contributed by atoms with E-state index in [1.807, 2.05) is 29.9 Å². The zero-order chi connectivity index (χ0) is 21.4. The summed E-state index contributed by atoms with van der Waals surface area (Å²) in [4.78, 5) is 29.5. The number of nitrogens with two attached hydrogens (primary N) is 1. The monoisotopic (exact) mass is 419 g/mol. The van der Waals surface area contributed by atoms with Gasteiger partial charge in [-0.15, -0.1) is 0 Å². The van der Waals surface area contributed by atoms with Crippen molar-refractivity contribution in [3.8, 4) is 0 Å². The van der Waals surface area contributed by atoms with Gasteiger partial charge in [0.2, 0.25) is 0 Å². The fourth-order valence-electron chi connectivity index (χ4n) is 5.15. The Kier molecular flexibility index (Phi) is 5.33. The van der Waals surface area contributed by atoms with E-state index in [1.54, 1.807) is 12.4 Å². The standard InChI is InChI=1S/C23H29N7O/c1-28(15-21-25-7-8-26-21)12-18-4-5-20-19-9-16(11-30(20)23(18)31)10-29(14-19)13-17-3-2-6-27-22(17)24/h2-8,16,19H,9-15H2,1H3,(H2,24,27)(H,25,26)/t16-,19+/m0/s1. The van der Waals surface area contributed by atoms with Gasteiger partial charge in [0, 0.05) is 74.1 Å². The minimum Gasteiger partial charge on any atom is -0.383 e. The lowest BCUT2D eigenvalue weighted by atomic mass is 9.83. The van der Waals surface area contributed by atoms with Gasteiger partial charge in [0.05, 0.1) is 6.54 Å². The molecule has 3 aromatic heterocycles. The number of pyridine rings is 2. The van der Waals surface area contributed by atoms with Crippen LogP contribution in [0.2, 0.25) is 0 Å². The third-order valence-corrected chi connectivity index (χ3v) is 6.49. The number of nitrogen functional groups attached to an aromatic ring is 1. The summed E-state index contributed by atoms with van der Waals surface area (Å²) >= 11 is 0. The zero-order valence-corrected chi connectivity index (χ0v) is 17.9. The van der Waals surface area contributed by atoms with Crippen LogP contribution in [-0.2, 0) is 26.2 Å². The molecule has 0 aromatic carbocycles. The Morgan fingerprint density at radius 1 is 1.13 bits per heavy atom. The summed E-state index contributed by atoms with van der Waals surface area (Å²) in [6.07, 6.45) is 6.45. The number of anilines is 1. The predicted octanol–water partition coefficient (Wildman–Crippen LogP) is 1.80. The number of piperidine rings is 1. The number of rotatable bonds is 6. The van der Waals surface area contributed by atoms with Crippen molar-refractivity contribution in [2.45, 2.75) is 38.5 Å². The third-order valence-electron chi connectivity index (χ3n) is 6.49. The number of nitrogens with zero attached hydrogens (tertiary/aromatic N) is 5. The summed E-state index contributed by atoms with van der Waals surface area (Å²) in [5.74, 6) is 2.38. The van der Waals surface area contributed by atoms with Crippen LogP contribution in [0.4, 0.5) is 5.82 Å². The molecule has 31 heavy (non-hydrogen) atoms. The van der Waals surface area contributed by atoms with E-state index in [9.17, 15) is 4.79 Å². The lowest BCUT2D eigenvalue weighted by molar-refractivity contribution is 0.114. The number of H-pyrrole nitrogens is 1. The molecule has 2 aliphatic rings. The van der Waals surface area contributed by atoms with Gasteiger partial charge in [-0.1, -0.05) is 12.1 Å². The lowest BCUT2D eigenvalue weighted by Crippen LogP contribution is -2.47. The molecule has 2 bridgehead atoms. The summed E-state index contributed by atoms with van der Waals surface area (Å²) in [7, 11) is 2.02. The molecule has 8 nitrogen and oxygen atoms in total. The smallest absolute Gasteiger partial charge is 0.255 e. The zero-order valence-electron chi connectivity index (χ0n) is 17.9. The molecule has 3 aromatic rings. The van der Waals surface area contributed by atoms with Crippen LogP contribution in [0.15, 0.2) is 47.7 Å². The Labute approximate surface area is 181 Å². The maximum absolute atomic E-state index is 13.3. The average molecular weight is 420 g/mol. The minimum atomic E-state index is 0.156. The van der Waals surface area contributed by atoms with Crippen molar-refractivity contribution in [2.75, 3.05) is 25.9 Å². The van der Waals surface area contributed by atoms with Crippen LogP contribution in [0.1, 0.15) is 35.0 Å². The van der Waals surface area contributed by atoms with E-state index < -0.39 is 0 Å². The largest absolute Gasteiger partial charge is 0.383 e. The van der Waals surface area contributed by atoms with Crippen molar-refractivity contribution in [1.29, 1.82) is 0 Å². The van der Waals surface area contributed by atoms with Gasteiger partial charge in [-0.2, -0.15) is 0 Å². The van der Waals surface area contributed by atoms with Crippen molar-refractivity contribution in [3.63, 3.8) is 0 Å². The Bertz CT molecular complexity index is 1110. The Balaban J connectivity index is 1.32. The highest BCUT2D eigenvalue weighted by Gasteiger charge is 2.35. The first-order valence-electron chi connectivity index (χ1n) is 10.9. The van der Waals surface area contributed by atoms with Crippen LogP contribution in [0.5, 0.6) is 0 Å². The maximum atomic E-state index is 13.3. The minimum absolute atomic E-state index is 0.156. The number of nitrogens with one attached hydrogen (secondary N) is 1. The fraction of sp³-hybridized carbons (Fsp3) is 0.435. The molecule has 2 atom stereocenters. The predicted molar refractivity (Wildman–Crippen MR) is 119 cm³/mol. The highest BCUT2D eigenvalue weighted by molar-refractivity contribution is 5.38. The second kappa shape index (κ2) is 8.28. The number of hydrogen-bond acceptors (Lipinski definition) is 6. The molecule has 3 N–H and O–H groups in total. The van der Waals surface area contributed by atoms with Gasteiger partial charge < -0.3 is 15.3 Å². The SMILES string of the molecule is CN(Cc1ncc[nH]1)Cc1ccc2n(c1=O)C[C@H]1C[C@@H]2CN(Cc2cccnc2N)C1. The molecular formula is C23H29N7O. The molecule has 0 unspecified atom stereocenters. The molecule has 1 saturated heterocycles. The van der Waals surface area contributed by atoms with E-state index in [1.165, 1.54) is 5.69 Å². The van der Waals surface area contributed by atoms with Gasteiger partial charge in [-0.05, 0) is 31.5 Å². The lowest BCUT2D eigenvalue weighted by Gasteiger charge is -2.43. The van der Waals surface area contributed by atoms with Crippen LogP contribution in [0.3, 0.4) is 0 Å². The van der Waals surface area contributed by atoms with Crippen LogP contribution in [0.25, 0.3) is 0 Å². The summed E-state index contributed by atoms with van der Waals surface area (Å²) in [6, 6.07) is 8.18. The van der Waals surface area contributed by atoms with Crippen LogP contribution in [-0.4, -0.2) is 49.5 Å². The molecule has 162 valence electrons. The number of aromatic nitrogens is 4. The highest BCUT2D eigenvalue weighted by atomic mass is 16.1. The molecule has 0 saturated carbocycles. The van der Waals surface area contributed by atoms with Crippen LogP contribution in [0, 0.1) is 5.92 Å². The number of imidazole rings is 1. The molecule has 1 fully saturated rings. The van der Waals surface area contributed by atoms with Crippen LogP contribution >= 0.6 is 0 Å². The Morgan fingerprint density at radius 3 is 2.84 bits per heavy atom. The molecule has 5 rings (SSSR count). The summed E-state index contributed by atoms with van der Waals surface area (Å²) in [5, 5.41) is 0. The summed E-state index contributed by atoms with van der Waals surface area (Å²) in [5.41, 5.74) is 9.30. The third kappa shape index (κ3) is 4.13. The van der Waals surface area contributed by atoms with Crippen molar-refractivity contribution >= 4 is 5.82 Å². The molecule has 8 heteroatoms. The van der Waals surface area contributed by atoms with Gasteiger partial charge in [-0.3, -0.25) is 14.6 Å². The first-order chi connectivity index (χ1) is 15.1. The van der Waals surface area contributed by atoms with E-state index in [0.717, 1.165) is 49.6 Å². The van der Waals surface area contributed by atoms with E-state index in [0.29, 0.717) is 30.7 Å². The average Bonchev–Trinajstić information content (AvgIpc) is 3.25. The second-order valence-corrected chi connectivity index (χ2v) is 8.95. The molecule has 0 amide bonds. The Morgan fingerprint density at radius 2 is 2.03 bits per heavy atom. The van der Waals surface area contributed by atoms with E-state index in [-0.39, 0.29) is 5.56 Å². The Hall–Kier alpha value is -2.97. The van der Waals surface area contributed by atoms with Crippen molar-refractivity contribution < 1.29 is 0 Å². The quantitative estimate of drug-likeness (QED) is 0.633. The van der Waals surface area contributed by atoms with Crippen molar-refractivity contribution in [1.82, 2.24) is 29.3 Å². The highest BCUT2D eigenvalue weighted by Crippen LogP contribution is 2.36. The van der Waals surface area contributed by atoms with E-state index >= 15 is 0 Å². The molecular weight excluding hydrogens is 390 g/mol. The molecule has 0 aliphatic carbocycles. The molecule has 2 aliphatic heterocycles. The number of likely N-dealkylation sites (tertiary alicyclic amines) is 1. The topological polar surface area (TPSA) is 96.1 Å². The first kappa shape index (κ1) is 20.0. The summed E-state index contributed by atoms with van der Waals surface area (Å²) in [6.45, 7) is 4.83. The maximum Gasteiger partial charge on any atom is 0.255 e. The summed E-state index contributed by atoms with van der Waals surface area (Å²) < 4.78 is 2.03. The van der Waals surface area contributed by atoms with Gasteiger partial charge in [0.1, 0.15) is 11.6 Å². The van der Waals surface area contributed by atoms with Gasteiger partial charge in [0.25, 0.3) is 5.56 Å². The van der Waals surface area contributed by atoms with Crippen molar-refractivity contribution in [3.05, 3.63) is 75.9 Å². The van der Waals surface area contributed by atoms with E-state index in [4.69, 9.17) is 5.73 Å². The molecule has 0 spiro atoms. The first-order valence-corrected chi connectivity index (χ1v) is 10.9. The van der Waals surface area contributed by atoms with Gasteiger partial charge >= 0.3 is 0 Å². The molecule has 0 radical (unpaired) electrons. The fourth-order valence-corrected chi connectivity index (χ4v) is 5.15.